The number of carbonyl (C=O) groups excluding carboxylic acids is 1. The van der Waals surface area contributed by atoms with E-state index in [-0.39, 0.29) is 27.3 Å². The molecule has 3 rings (SSSR count). The second-order valence-electron chi connectivity index (χ2n) is 6.22. The number of amides is 1. The SMILES string of the molecule is CCNS(=O)(=O)c1c(Cl)c(C(=O)Nc2ccnc(Cl)c2)n2c1CCCCC2. The lowest BCUT2D eigenvalue weighted by atomic mass is 10.2. The van der Waals surface area contributed by atoms with E-state index in [1.165, 1.54) is 12.3 Å². The van der Waals surface area contributed by atoms with Crippen molar-refractivity contribution in [3.63, 3.8) is 0 Å². The number of nitrogens with zero attached hydrogens (tertiary/aromatic N) is 2. The number of halogens is 2. The van der Waals surface area contributed by atoms with E-state index < -0.39 is 15.9 Å². The molecule has 1 aliphatic rings. The molecule has 1 amide bonds. The van der Waals surface area contributed by atoms with Crippen LogP contribution in [0.25, 0.3) is 0 Å². The van der Waals surface area contributed by atoms with Crippen LogP contribution in [0.2, 0.25) is 10.2 Å². The minimum Gasteiger partial charge on any atom is -0.338 e. The summed E-state index contributed by atoms with van der Waals surface area (Å²) in [5.41, 5.74) is 1.19. The lowest BCUT2D eigenvalue weighted by Gasteiger charge is -2.11. The van der Waals surface area contributed by atoms with Crippen LogP contribution in [0.3, 0.4) is 0 Å². The highest BCUT2D eigenvalue weighted by atomic mass is 35.5. The number of anilines is 1. The predicted molar refractivity (Wildman–Crippen MR) is 105 cm³/mol. The van der Waals surface area contributed by atoms with Gasteiger partial charge in [0.25, 0.3) is 5.91 Å². The van der Waals surface area contributed by atoms with E-state index in [9.17, 15) is 13.2 Å². The molecule has 2 aromatic heterocycles. The van der Waals surface area contributed by atoms with E-state index in [1.807, 2.05) is 0 Å². The minimum atomic E-state index is -3.80. The number of sulfonamides is 1. The summed E-state index contributed by atoms with van der Waals surface area (Å²) in [6.07, 6.45) is 4.67. The van der Waals surface area contributed by atoms with Crippen LogP contribution in [0.1, 0.15) is 42.4 Å². The summed E-state index contributed by atoms with van der Waals surface area (Å²) in [5.74, 6) is -0.483. The lowest BCUT2D eigenvalue weighted by molar-refractivity contribution is 0.101. The van der Waals surface area contributed by atoms with Crippen LogP contribution in [0.5, 0.6) is 0 Å². The highest BCUT2D eigenvalue weighted by Gasteiger charge is 2.33. The fourth-order valence-corrected chi connectivity index (χ4v) is 5.43. The summed E-state index contributed by atoms with van der Waals surface area (Å²) in [6, 6.07) is 3.11. The minimum absolute atomic E-state index is 0.00540. The molecule has 0 unspecified atom stereocenters. The van der Waals surface area contributed by atoms with Gasteiger partial charge < -0.3 is 9.88 Å². The van der Waals surface area contributed by atoms with Crippen molar-refractivity contribution in [3.05, 3.63) is 39.9 Å². The number of hydrogen-bond acceptors (Lipinski definition) is 4. The van der Waals surface area contributed by atoms with Gasteiger partial charge in [0, 0.05) is 30.7 Å². The quantitative estimate of drug-likeness (QED) is 0.709. The highest BCUT2D eigenvalue weighted by molar-refractivity contribution is 7.89. The zero-order valence-electron chi connectivity index (χ0n) is 14.8. The second-order valence-corrected chi connectivity index (χ2v) is 8.69. The fourth-order valence-electron chi connectivity index (χ4n) is 3.27. The summed E-state index contributed by atoms with van der Waals surface area (Å²) in [4.78, 5) is 16.8. The van der Waals surface area contributed by atoms with Gasteiger partial charge in [-0.1, -0.05) is 36.5 Å². The number of rotatable bonds is 5. The molecule has 2 aromatic rings. The monoisotopic (exact) mass is 430 g/mol. The van der Waals surface area contributed by atoms with Crippen molar-refractivity contribution in [2.45, 2.75) is 44.0 Å². The Labute approximate surface area is 168 Å². The van der Waals surface area contributed by atoms with Crippen LogP contribution < -0.4 is 10.0 Å². The van der Waals surface area contributed by atoms with Crippen LogP contribution in [0.4, 0.5) is 5.69 Å². The molecule has 0 spiro atoms. The Balaban J connectivity index is 2.09. The smallest absolute Gasteiger partial charge is 0.273 e. The van der Waals surface area contributed by atoms with Gasteiger partial charge in [0.1, 0.15) is 15.7 Å². The summed E-state index contributed by atoms with van der Waals surface area (Å²) < 4.78 is 29.6. The molecule has 0 bridgehead atoms. The molecule has 0 saturated heterocycles. The van der Waals surface area contributed by atoms with E-state index in [4.69, 9.17) is 23.2 Å². The molecule has 3 heterocycles. The molecule has 2 N–H and O–H groups in total. The number of hydrogen-bond donors (Lipinski definition) is 2. The molecular formula is C17H20Cl2N4O3S. The Bertz CT molecular complexity index is 973. The standard InChI is InChI=1S/C17H20Cl2N4O3S/c1-2-21-27(25,26)16-12-6-4-3-5-9-23(12)15(14(16)19)17(24)22-11-7-8-20-13(18)10-11/h7-8,10,21H,2-6,9H2,1H3,(H,20,22,24). The number of pyridine rings is 1. The van der Waals surface area contributed by atoms with E-state index in [0.717, 1.165) is 19.3 Å². The van der Waals surface area contributed by atoms with Gasteiger partial charge in [-0.15, -0.1) is 0 Å². The third-order valence-corrected chi connectivity index (χ3v) is 6.70. The van der Waals surface area contributed by atoms with Crippen molar-refractivity contribution in [1.29, 1.82) is 0 Å². The topological polar surface area (TPSA) is 93.1 Å². The van der Waals surface area contributed by atoms with Crippen LogP contribution in [0, 0.1) is 0 Å². The van der Waals surface area contributed by atoms with Gasteiger partial charge >= 0.3 is 0 Å². The molecule has 1 aliphatic heterocycles. The largest absolute Gasteiger partial charge is 0.338 e. The Kier molecular flexibility index (Phi) is 6.10. The first-order chi connectivity index (χ1) is 12.8. The van der Waals surface area contributed by atoms with Crippen LogP contribution in [0.15, 0.2) is 23.2 Å². The molecule has 0 fully saturated rings. The number of aromatic nitrogens is 2. The molecule has 10 heteroatoms. The van der Waals surface area contributed by atoms with Crippen molar-refractivity contribution in [2.24, 2.45) is 0 Å². The van der Waals surface area contributed by atoms with Gasteiger partial charge in [0.2, 0.25) is 10.0 Å². The highest BCUT2D eigenvalue weighted by Crippen LogP contribution is 2.35. The molecule has 7 nitrogen and oxygen atoms in total. The lowest BCUT2D eigenvalue weighted by Crippen LogP contribution is -2.24. The zero-order chi connectivity index (χ0) is 19.6. The van der Waals surface area contributed by atoms with E-state index in [2.05, 4.69) is 15.0 Å². The van der Waals surface area contributed by atoms with Crippen molar-refractivity contribution >= 4 is 44.8 Å². The molecule has 0 saturated carbocycles. The second kappa shape index (κ2) is 8.18. The van der Waals surface area contributed by atoms with Gasteiger partial charge in [-0.2, -0.15) is 0 Å². The molecule has 0 atom stereocenters. The van der Waals surface area contributed by atoms with E-state index >= 15 is 0 Å². The van der Waals surface area contributed by atoms with Crippen molar-refractivity contribution in [2.75, 3.05) is 11.9 Å². The van der Waals surface area contributed by atoms with Crippen LogP contribution >= 0.6 is 23.2 Å². The summed E-state index contributed by atoms with van der Waals surface area (Å²) in [7, 11) is -3.80. The van der Waals surface area contributed by atoms with Gasteiger partial charge in [0.15, 0.2) is 0 Å². The summed E-state index contributed by atoms with van der Waals surface area (Å²) in [6.45, 7) is 2.47. The van der Waals surface area contributed by atoms with Crippen LogP contribution in [-0.2, 0) is 23.0 Å². The maximum absolute atomic E-state index is 12.9. The third kappa shape index (κ3) is 4.13. The fraction of sp³-hybridized carbons (Fsp3) is 0.412. The van der Waals surface area contributed by atoms with Crippen molar-refractivity contribution in [3.8, 4) is 0 Å². The maximum Gasteiger partial charge on any atom is 0.273 e. The maximum atomic E-state index is 12.9. The molecule has 146 valence electrons. The first-order valence-corrected chi connectivity index (χ1v) is 10.9. The van der Waals surface area contributed by atoms with Gasteiger partial charge in [-0.05, 0) is 31.4 Å². The van der Waals surface area contributed by atoms with Gasteiger partial charge in [-0.25, -0.2) is 18.1 Å². The van der Waals surface area contributed by atoms with Gasteiger partial charge in [0.05, 0.1) is 5.02 Å². The van der Waals surface area contributed by atoms with E-state index in [0.29, 0.717) is 24.3 Å². The first-order valence-electron chi connectivity index (χ1n) is 8.68. The Morgan fingerprint density at radius 1 is 1.30 bits per heavy atom. The van der Waals surface area contributed by atoms with Crippen molar-refractivity contribution in [1.82, 2.24) is 14.3 Å². The first kappa shape index (κ1) is 20.1. The summed E-state index contributed by atoms with van der Waals surface area (Å²) in [5, 5.41) is 2.91. The Morgan fingerprint density at radius 3 is 2.78 bits per heavy atom. The number of nitrogens with one attached hydrogen (secondary N) is 2. The summed E-state index contributed by atoms with van der Waals surface area (Å²) >= 11 is 12.3. The third-order valence-electron chi connectivity index (χ3n) is 4.36. The zero-order valence-corrected chi connectivity index (χ0v) is 17.1. The Morgan fingerprint density at radius 2 is 2.07 bits per heavy atom. The normalized spacial score (nSPS) is 14.5. The molecular weight excluding hydrogens is 411 g/mol. The average molecular weight is 431 g/mol. The number of fused-ring (bicyclic) bond motifs is 1. The van der Waals surface area contributed by atoms with E-state index in [1.54, 1.807) is 17.6 Å². The molecule has 0 aromatic carbocycles. The Hall–Kier alpha value is -1.61. The molecule has 0 radical (unpaired) electrons. The molecule has 0 aliphatic carbocycles. The van der Waals surface area contributed by atoms with Crippen LogP contribution in [-0.4, -0.2) is 30.4 Å². The predicted octanol–water partition coefficient (Wildman–Crippen LogP) is 3.47. The number of carbonyl (C=O) groups is 1. The molecule has 27 heavy (non-hydrogen) atoms. The average Bonchev–Trinajstić information content (AvgIpc) is 2.72. The van der Waals surface area contributed by atoms with Gasteiger partial charge in [-0.3, -0.25) is 4.79 Å². The van der Waals surface area contributed by atoms with Crippen molar-refractivity contribution < 1.29 is 13.2 Å².